The zero-order valence-corrected chi connectivity index (χ0v) is 15.9. The second kappa shape index (κ2) is 8.19. The quantitative estimate of drug-likeness (QED) is 0.658. The normalized spacial score (nSPS) is 14.1. The van der Waals surface area contributed by atoms with Crippen LogP contribution in [0.5, 0.6) is 5.75 Å². The van der Waals surface area contributed by atoms with Crippen LogP contribution in [0.4, 0.5) is 11.4 Å². The van der Waals surface area contributed by atoms with Crippen LogP contribution in [-0.2, 0) is 0 Å². The smallest absolute Gasteiger partial charge is 0.173 e. The highest BCUT2D eigenvalue weighted by atomic mass is 32.1. The van der Waals surface area contributed by atoms with Gasteiger partial charge in [-0.15, -0.1) is 0 Å². The number of ketones is 1. The zero-order chi connectivity index (χ0) is 18.5. The van der Waals surface area contributed by atoms with E-state index in [2.05, 4.69) is 27.2 Å². The first kappa shape index (κ1) is 18.2. The summed E-state index contributed by atoms with van der Waals surface area (Å²) >= 11 is 5.55. The summed E-state index contributed by atoms with van der Waals surface area (Å²) in [4.78, 5) is 16.0. The third-order valence-electron chi connectivity index (χ3n) is 4.52. The molecule has 3 rings (SSSR count). The fourth-order valence-electron chi connectivity index (χ4n) is 2.98. The average Bonchev–Trinajstić information content (AvgIpc) is 2.68. The monoisotopic (exact) mass is 369 g/mol. The molecule has 1 N–H and O–H groups in total. The summed E-state index contributed by atoms with van der Waals surface area (Å²) in [5.74, 6) is 0.915. The Morgan fingerprint density at radius 3 is 2.38 bits per heavy atom. The van der Waals surface area contributed by atoms with Crippen molar-refractivity contribution >= 4 is 34.5 Å². The topological polar surface area (TPSA) is 44.8 Å². The molecule has 1 saturated heterocycles. The largest absolute Gasteiger partial charge is 0.497 e. The maximum Gasteiger partial charge on any atom is 0.173 e. The fraction of sp³-hybridized carbons (Fsp3) is 0.300. The molecule has 1 heterocycles. The van der Waals surface area contributed by atoms with E-state index in [1.54, 1.807) is 14.0 Å². The van der Waals surface area contributed by atoms with Crippen LogP contribution < -0.4 is 15.0 Å². The van der Waals surface area contributed by atoms with Crippen LogP contribution in [0.2, 0.25) is 0 Å². The van der Waals surface area contributed by atoms with Gasteiger partial charge in [0.25, 0.3) is 0 Å². The number of benzene rings is 2. The minimum atomic E-state index is 0.0488. The lowest BCUT2D eigenvalue weighted by molar-refractivity contribution is 0.101. The maximum absolute atomic E-state index is 11.5. The van der Waals surface area contributed by atoms with E-state index in [0.29, 0.717) is 10.7 Å². The summed E-state index contributed by atoms with van der Waals surface area (Å²) in [5, 5.41) is 3.94. The number of rotatable bonds is 4. The first-order valence-electron chi connectivity index (χ1n) is 8.63. The number of nitrogens with zero attached hydrogens (tertiary/aromatic N) is 2. The van der Waals surface area contributed by atoms with Gasteiger partial charge in [-0.05, 0) is 55.5 Å². The molecule has 5 nitrogen and oxygen atoms in total. The number of anilines is 2. The van der Waals surface area contributed by atoms with Gasteiger partial charge in [-0.25, -0.2) is 0 Å². The Bertz CT molecular complexity index is 784. The number of carbonyl (C=O) groups excluding carboxylic acids is 1. The summed E-state index contributed by atoms with van der Waals surface area (Å²) in [6.45, 7) is 5.08. The van der Waals surface area contributed by atoms with Crippen molar-refractivity contribution in [2.75, 3.05) is 43.5 Å². The number of hydrogen-bond donors (Lipinski definition) is 1. The van der Waals surface area contributed by atoms with Gasteiger partial charge in [-0.2, -0.15) is 0 Å². The Hall–Kier alpha value is -2.60. The predicted molar refractivity (Wildman–Crippen MR) is 109 cm³/mol. The van der Waals surface area contributed by atoms with Gasteiger partial charge in [0.05, 0.1) is 7.11 Å². The third-order valence-corrected chi connectivity index (χ3v) is 4.89. The first-order valence-corrected chi connectivity index (χ1v) is 9.03. The number of methoxy groups -OCH3 is 1. The molecular weight excluding hydrogens is 346 g/mol. The van der Waals surface area contributed by atoms with Crippen molar-refractivity contribution in [3.8, 4) is 5.75 Å². The lowest BCUT2D eigenvalue weighted by atomic mass is 10.1. The summed E-state index contributed by atoms with van der Waals surface area (Å²) in [6, 6.07) is 15.6. The molecule has 1 aliphatic heterocycles. The highest BCUT2D eigenvalue weighted by Gasteiger charge is 2.19. The van der Waals surface area contributed by atoms with Gasteiger partial charge in [0.1, 0.15) is 5.75 Å². The number of thiocarbonyl (C=S) groups is 1. The minimum Gasteiger partial charge on any atom is -0.497 e. The number of Topliss-reactive ketones (excluding diaryl/α,β-unsaturated/α-hetero) is 1. The van der Waals surface area contributed by atoms with E-state index in [-0.39, 0.29) is 5.78 Å². The van der Waals surface area contributed by atoms with Crippen molar-refractivity contribution in [2.45, 2.75) is 6.92 Å². The van der Waals surface area contributed by atoms with Gasteiger partial charge in [-0.3, -0.25) is 4.79 Å². The molecule has 0 saturated carbocycles. The molecule has 0 radical (unpaired) electrons. The van der Waals surface area contributed by atoms with Gasteiger partial charge in [0.15, 0.2) is 10.9 Å². The molecular formula is C20H23N3O2S. The number of nitrogens with one attached hydrogen (secondary N) is 1. The van der Waals surface area contributed by atoms with Crippen LogP contribution >= 0.6 is 12.2 Å². The average molecular weight is 369 g/mol. The lowest BCUT2D eigenvalue weighted by Crippen LogP contribution is -2.50. The van der Waals surface area contributed by atoms with Gasteiger partial charge in [-0.1, -0.05) is 12.1 Å². The SMILES string of the molecule is COc1ccc(N2CCN(C(=S)Nc3cccc(C(C)=O)c3)CC2)cc1. The molecule has 6 heteroatoms. The Morgan fingerprint density at radius 1 is 1.08 bits per heavy atom. The fourth-order valence-corrected chi connectivity index (χ4v) is 3.28. The van der Waals surface area contributed by atoms with Gasteiger partial charge >= 0.3 is 0 Å². The number of ether oxygens (including phenoxy) is 1. The van der Waals surface area contributed by atoms with Crippen molar-refractivity contribution < 1.29 is 9.53 Å². The number of hydrogen-bond acceptors (Lipinski definition) is 4. The minimum absolute atomic E-state index is 0.0488. The Morgan fingerprint density at radius 2 is 1.77 bits per heavy atom. The van der Waals surface area contributed by atoms with Crippen molar-refractivity contribution in [3.63, 3.8) is 0 Å². The number of piperazine rings is 1. The molecule has 0 amide bonds. The third kappa shape index (κ3) is 4.32. The molecule has 0 bridgehead atoms. The molecule has 0 atom stereocenters. The van der Waals surface area contributed by atoms with E-state index in [1.165, 1.54) is 5.69 Å². The highest BCUT2D eigenvalue weighted by Crippen LogP contribution is 2.21. The van der Waals surface area contributed by atoms with Gasteiger partial charge in [0, 0.05) is 43.1 Å². The predicted octanol–water partition coefficient (Wildman–Crippen LogP) is 3.42. The maximum atomic E-state index is 11.5. The molecule has 1 aliphatic rings. The van der Waals surface area contributed by atoms with Crippen LogP contribution in [0.25, 0.3) is 0 Å². The van der Waals surface area contributed by atoms with Crippen LogP contribution in [0.1, 0.15) is 17.3 Å². The van der Waals surface area contributed by atoms with E-state index < -0.39 is 0 Å². The highest BCUT2D eigenvalue weighted by molar-refractivity contribution is 7.80. The molecule has 2 aromatic rings. The van der Waals surface area contributed by atoms with E-state index >= 15 is 0 Å². The molecule has 1 fully saturated rings. The summed E-state index contributed by atoms with van der Waals surface area (Å²) in [7, 11) is 1.67. The van der Waals surface area contributed by atoms with Gasteiger partial charge < -0.3 is 19.9 Å². The molecule has 136 valence electrons. The first-order chi connectivity index (χ1) is 12.6. The molecule has 2 aromatic carbocycles. The summed E-state index contributed by atoms with van der Waals surface area (Å²) < 4.78 is 5.21. The Balaban J connectivity index is 1.56. The van der Waals surface area contributed by atoms with E-state index in [4.69, 9.17) is 17.0 Å². The summed E-state index contributed by atoms with van der Waals surface area (Å²) in [5.41, 5.74) is 2.72. The second-order valence-electron chi connectivity index (χ2n) is 6.24. The standard InChI is InChI=1S/C20H23N3O2S/c1-15(24)16-4-3-5-17(14-16)21-20(26)23-12-10-22(11-13-23)18-6-8-19(25-2)9-7-18/h3-9,14H,10-13H2,1-2H3,(H,21,26). The Kier molecular flexibility index (Phi) is 5.73. The molecule has 0 aromatic heterocycles. The van der Waals surface area contributed by atoms with Crippen LogP contribution in [0.3, 0.4) is 0 Å². The van der Waals surface area contributed by atoms with Crippen molar-refractivity contribution in [3.05, 3.63) is 54.1 Å². The van der Waals surface area contributed by atoms with Gasteiger partial charge in [0.2, 0.25) is 0 Å². The van der Waals surface area contributed by atoms with Crippen LogP contribution in [0, 0.1) is 0 Å². The molecule has 0 unspecified atom stereocenters. The van der Waals surface area contributed by atoms with E-state index in [1.807, 2.05) is 36.4 Å². The lowest BCUT2D eigenvalue weighted by Gasteiger charge is -2.37. The van der Waals surface area contributed by atoms with Crippen LogP contribution in [0.15, 0.2) is 48.5 Å². The zero-order valence-electron chi connectivity index (χ0n) is 15.1. The molecule has 26 heavy (non-hydrogen) atoms. The number of carbonyl (C=O) groups is 1. The van der Waals surface area contributed by atoms with Crippen molar-refractivity contribution in [1.29, 1.82) is 0 Å². The summed E-state index contributed by atoms with van der Waals surface area (Å²) in [6.07, 6.45) is 0. The van der Waals surface area contributed by atoms with Crippen molar-refractivity contribution in [1.82, 2.24) is 4.90 Å². The molecule has 0 spiro atoms. The van der Waals surface area contributed by atoms with Crippen molar-refractivity contribution in [2.24, 2.45) is 0 Å². The second-order valence-corrected chi connectivity index (χ2v) is 6.63. The van der Waals surface area contributed by atoms with E-state index in [0.717, 1.165) is 37.6 Å². The molecule has 0 aliphatic carbocycles. The van der Waals surface area contributed by atoms with E-state index in [9.17, 15) is 4.79 Å². The Labute approximate surface area is 159 Å². The van der Waals surface area contributed by atoms with Crippen LogP contribution in [-0.4, -0.2) is 49.1 Å².